The fourth-order valence-corrected chi connectivity index (χ4v) is 5.77. The van der Waals surface area contributed by atoms with Gasteiger partial charge < -0.3 is 10.2 Å². The topological polar surface area (TPSA) is 86.8 Å². The third-order valence-electron chi connectivity index (χ3n) is 6.01. The Balaban J connectivity index is 2.05. The fraction of sp³-hybridized carbons (Fsp3) is 0.286. The minimum Gasteiger partial charge on any atom is -0.354 e. The minimum absolute atomic E-state index is 0.0299. The quantitative estimate of drug-likeness (QED) is 0.330. The van der Waals surface area contributed by atoms with Gasteiger partial charge in [0.05, 0.1) is 10.6 Å². The standard InChI is InChI=1S/C28H31Cl2N3O4S/c1-4-15-31-28(35)21(3)32(18-22-9-8-10-23(29)16-22)27(34)19-33(26-17-24(30)14-13-20(26)2)38(36,37)25-11-6-5-7-12-25/h5-14,16-17,21H,4,15,18-19H2,1-3H3,(H,31,35)/t21-/m0/s1. The molecule has 0 saturated heterocycles. The van der Waals surface area contributed by atoms with Crippen LogP contribution in [0.1, 0.15) is 31.4 Å². The predicted octanol–water partition coefficient (Wildman–Crippen LogP) is 5.44. The van der Waals surface area contributed by atoms with E-state index in [1.807, 2.05) is 6.92 Å². The molecule has 0 aliphatic heterocycles. The van der Waals surface area contributed by atoms with Crippen molar-refractivity contribution in [2.45, 2.75) is 44.7 Å². The van der Waals surface area contributed by atoms with Crippen molar-refractivity contribution >= 4 is 50.7 Å². The van der Waals surface area contributed by atoms with E-state index < -0.39 is 28.5 Å². The number of benzene rings is 3. The molecule has 2 amide bonds. The molecule has 3 aromatic rings. The summed E-state index contributed by atoms with van der Waals surface area (Å²) < 4.78 is 28.7. The summed E-state index contributed by atoms with van der Waals surface area (Å²) >= 11 is 12.4. The first-order valence-corrected chi connectivity index (χ1v) is 14.4. The number of anilines is 1. The summed E-state index contributed by atoms with van der Waals surface area (Å²) in [5.74, 6) is -0.887. The van der Waals surface area contributed by atoms with Crippen LogP contribution in [0.3, 0.4) is 0 Å². The number of nitrogens with one attached hydrogen (secondary N) is 1. The number of nitrogens with zero attached hydrogens (tertiary/aromatic N) is 2. The summed E-state index contributed by atoms with van der Waals surface area (Å²) in [5.41, 5.74) is 1.61. The number of carbonyl (C=O) groups excluding carboxylic acids is 2. The molecule has 0 spiro atoms. The van der Waals surface area contributed by atoms with E-state index in [1.165, 1.54) is 23.1 Å². The number of rotatable bonds is 11. The van der Waals surface area contributed by atoms with Crippen LogP contribution in [0.15, 0.2) is 77.7 Å². The molecule has 0 aromatic heterocycles. The zero-order valence-electron chi connectivity index (χ0n) is 21.5. The van der Waals surface area contributed by atoms with Crippen molar-refractivity contribution in [2.75, 3.05) is 17.4 Å². The second kappa shape index (κ2) is 13.1. The van der Waals surface area contributed by atoms with Gasteiger partial charge in [0.1, 0.15) is 12.6 Å². The molecule has 1 atom stereocenters. The molecule has 0 unspecified atom stereocenters. The van der Waals surface area contributed by atoms with Gasteiger partial charge >= 0.3 is 0 Å². The van der Waals surface area contributed by atoms with E-state index in [2.05, 4.69) is 5.32 Å². The second-order valence-corrected chi connectivity index (χ2v) is 11.6. The molecule has 0 aliphatic rings. The van der Waals surface area contributed by atoms with Crippen molar-refractivity contribution in [3.05, 3.63) is 94.0 Å². The average Bonchev–Trinajstić information content (AvgIpc) is 2.90. The second-order valence-electron chi connectivity index (χ2n) is 8.87. The lowest BCUT2D eigenvalue weighted by molar-refractivity contribution is -0.139. The number of sulfonamides is 1. The molecule has 0 aliphatic carbocycles. The Bertz CT molecular complexity index is 1380. The normalized spacial score (nSPS) is 12.0. The lowest BCUT2D eigenvalue weighted by atomic mass is 10.1. The Hall–Kier alpha value is -3.07. The smallest absolute Gasteiger partial charge is 0.264 e. The number of hydrogen-bond acceptors (Lipinski definition) is 4. The van der Waals surface area contributed by atoms with Gasteiger partial charge in [-0.2, -0.15) is 0 Å². The Kier molecular flexibility index (Phi) is 10.2. The summed E-state index contributed by atoms with van der Waals surface area (Å²) in [4.78, 5) is 28.2. The molecule has 3 aromatic carbocycles. The lowest BCUT2D eigenvalue weighted by Gasteiger charge is -2.32. The molecule has 1 N–H and O–H groups in total. The lowest BCUT2D eigenvalue weighted by Crippen LogP contribution is -2.51. The van der Waals surface area contributed by atoms with Crippen LogP contribution in [0.2, 0.25) is 10.0 Å². The Morgan fingerprint density at radius 3 is 2.29 bits per heavy atom. The molecule has 10 heteroatoms. The maximum Gasteiger partial charge on any atom is 0.264 e. The third kappa shape index (κ3) is 7.28. The summed E-state index contributed by atoms with van der Waals surface area (Å²) in [6.45, 7) is 5.28. The highest BCUT2D eigenvalue weighted by Crippen LogP contribution is 2.30. The van der Waals surface area contributed by atoms with Crippen molar-refractivity contribution < 1.29 is 18.0 Å². The fourth-order valence-electron chi connectivity index (χ4n) is 3.89. The van der Waals surface area contributed by atoms with Crippen molar-refractivity contribution in [3.8, 4) is 0 Å². The van der Waals surface area contributed by atoms with Gasteiger partial charge in [-0.25, -0.2) is 8.42 Å². The van der Waals surface area contributed by atoms with Gasteiger partial charge in [-0.1, -0.05) is 66.5 Å². The maximum atomic E-state index is 13.9. The number of amides is 2. The Morgan fingerprint density at radius 2 is 1.63 bits per heavy atom. The molecule has 0 saturated carbocycles. The molecular formula is C28H31Cl2N3O4S. The van der Waals surface area contributed by atoms with Gasteiger partial charge in [0, 0.05) is 23.1 Å². The summed E-state index contributed by atoms with van der Waals surface area (Å²) in [5, 5.41) is 3.63. The highest BCUT2D eigenvalue weighted by Gasteiger charge is 2.33. The Labute approximate surface area is 234 Å². The largest absolute Gasteiger partial charge is 0.354 e. The van der Waals surface area contributed by atoms with E-state index in [1.54, 1.807) is 68.4 Å². The van der Waals surface area contributed by atoms with E-state index >= 15 is 0 Å². The summed E-state index contributed by atoms with van der Waals surface area (Å²) in [6, 6.07) is 18.8. The number of carbonyl (C=O) groups is 2. The maximum absolute atomic E-state index is 13.9. The molecule has 7 nitrogen and oxygen atoms in total. The van der Waals surface area contributed by atoms with Crippen molar-refractivity contribution in [1.29, 1.82) is 0 Å². The highest BCUT2D eigenvalue weighted by atomic mass is 35.5. The first kappa shape index (κ1) is 29.5. The van der Waals surface area contributed by atoms with Crippen LogP contribution in [-0.2, 0) is 26.2 Å². The van der Waals surface area contributed by atoms with Gasteiger partial charge in [0.2, 0.25) is 11.8 Å². The molecule has 0 heterocycles. The van der Waals surface area contributed by atoms with Gasteiger partial charge in [0.25, 0.3) is 10.0 Å². The van der Waals surface area contributed by atoms with Crippen molar-refractivity contribution in [1.82, 2.24) is 10.2 Å². The van der Waals surface area contributed by atoms with Gasteiger partial charge in [-0.05, 0) is 67.8 Å². The van der Waals surface area contributed by atoms with Crippen LogP contribution in [0.25, 0.3) is 0 Å². The summed E-state index contributed by atoms with van der Waals surface area (Å²) in [6.07, 6.45) is 0.734. The number of aryl methyl sites for hydroxylation is 1. The zero-order valence-corrected chi connectivity index (χ0v) is 23.9. The molecular weight excluding hydrogens is 545 g/mol. The van der Waals surface area contributed by atoms with Gasteiger partial charge in [0.15, 0.2) is 0 Å². The van der Waals surface area contributed by atoms with Crippen molar-refractivity contribution in [2.24, 2.45) is 0 Å². The van der Waals surface area contributed by atoms with Crippen LogP contribution in [-0.4, -0.2) is 44.3 Å². The molecule has 202 valence electrons. The van der Waals surface area contributed by atoms with Crippen LogP contribution >= 0.6 is 23.2 Å². The van der Waals surface area contributed by atoms with E-state index in [4.69, 9.17) is 23.2 Å². The first-order valence-electron chi connectivity index (χ1n) is 12.2. The first-order chi connectivity index (χ1) is 18.0. The zero-order chi connectivity index (χ0) is 27.9. The van der Waals surface area contributed by atoms with Crippen LogP contribution in [0, 0.1) is 6.92 Å². The minimum atomic E-state index is -4.16. The highest BCUT2D eigenvalue weighted by molar-refractivity contribution is 7.92. The molecule has 38 heavy (non-hydrogen) atoms. The summed E-state index contributed by atoms with van der Waals surface area (Å²) in [7, 11) is -4.16. The monoisotopic (exact) mass is 575 g/mol. The van der Waals surface area contributed by atoms with E-state index in [0.29, 0.717) is 27.7 Å². The van der Waals surface area contributed by atoms with Crippen LogP contribution in [0.4, 0.5) is 5.69 Å². The van der Waals surface area contributed by atoms with E-state index in [0.717, 1.165) is 10.7 Å². The van der Waals surface area contributed by atoms with Crippen LogP contribution < -0.4 is 9.62 Å². The average molecular weight is 577 g/mol. The van der Waals surface area contributed by atoms with E-state index in [9.17, 15) is 18.0 Å². The van der Waals surface area contributed by atoms with E-state index in [-0.39, 0.29) is 23.0 Å². The Morgan fingerprint density at radius 1 is 0.947 bits per heavy atom. The molecule has 0 bridgehead atoms. The number of hydrogen-bond donors (Lipinski definition) is 1. The molecule has 0 radical (unpaired) electrons. The SMILES string of the molecule is CCCNC(=O)[C@H](C)N(Cc1cccc(Cl)c1)C(=O)CN(c1cc(Cl)ccc1C)S(=O)(=O)c1ccccc1. The molecule has 0 fully saturated rings. The third-order valence-corrected chi connectivity index (χ3v) is 8.25. The van der Waals surface area contributed by atoms with Gasteiger partial charge in [-0.15, -0.1) is 0 Å². The molecule has 3 rings (SSSR count). The van der Waals surface area contributed by atoms with Crippen molar-refractivity contribution in [3.63, 3.8) is 0 Å². The predicted molar refractivity (Wildman–Crippen MR) is 152 cm³/mol. The van der Waals surface area contributed by atoms with Gasteiger partial charge in [-0.3, -0.25) is 13.9 Å². The van der Waals surface area contributed by atoms with Crippen LogP contribution in [0.5, 0.6) is 0 Å². The number of halogens is 2.